The van der Waals surface area contributed by atoms with Gasteiger partial charge in [0.05, 0.1) is 11.9 Å². The Kier molecular flexibility index (Phi) is 4.52. The van der Waals surface area contributed by atoms with Gasteiger partial charge >= 0.3 is 6.03 Å². The molecule has 5 nitrogen and oxygen atoms in total. The summed E-state index contributed by atoms with van der Waals surface area (Å²) in [5, 5.41) is 4.32. The van der Waals surface area contributed by atoms with E-state index in [1.165, 1.54) is 0 Å². The molecule has 1 aromatic heterocycles. The molecule has 1 saturated heterocycles. The Morgan fingerprint density at radius 2 is 1.90 bits per heavy atom. The lowest BCUT2D eigenvalue weighted by atomic mass is 10.1. The number of benzene rings is 1. The maximum Gasteiger partial charge on any atom is 0.328 e. The number of anilines is 1. The highest BCUT2D eigenvalue weighted by molar-refractivity contribution is 6.09. The van der Waals surface area contributed by atoms with Crippen LogP contribution in [0.1, 0.15) is 25.8 Å². The molecule has 5 heteroatoms. The first-order chi connectivity index (χ1) is 10.2. The largest absolute Gasteiger partial charge is 0.328 e. The van der Waals surface area contributed by atoms with E-state index < -0.39 is 0 Å². The van der Waals surface area contributed by atoms with Crippen molar-refractivity contribution in [2.45, 2.75) is 27.2 Å². The second-order valence-electron chi connectivity index (χ2n) is 4.58. The first kappa shape index (κ1) is 15.0. The standard InChI is InChI=1S/C14H13N3O2.C2H6/c1-9-3-2-4-10-11(9)7-15-8-12(10)17-6-5-13(18)16-14(17)19;1-2/h2-4,7-8H,5-6H2,1H3,(H,16,18,19);1-2H3. The minimum absolute atomic E-state index is 0.231. The molecule has 1 aromatic carbocycles. The molecule has 2 heterocycles. The van der Waals surface area contributed by atoms with Gasteiger partial charge in [0, 0.05) is 29.9 Å². The van der Waals surface area contributed by atoms with Gasteiger partial charge in [0.25, 0.3) is 0 Å². The van der Waals surface area contributed by atoms with Gasteiger partial charge in [-0.15, -0.1) is 0 Å². The number of aromatic nitrogens is 1. The first-order valence-corrected chi connectivity index (χ1v) is 7.11. The van der Waals surface area contributed by atoms with Crippen LogP contribution in [0.3, 0.4) is 0 Å². The molecule has 3 amide bonds. The monoisotopic (exact) mass is 285 g/mol. The van der Waals surface area contributed by atoms with Gasteiger partial charge in [0.15, 0.2) is 0 Å². The fraction of sp³-hybridized carbons (Fsp3) is 0.312. The number of carbonyl (C=O) groups is 2. The number of aryl methyl sites for hydroxylation is 1. The third kappa shape index (κ3) is 2.86. The third-order valence-corrected chi connectivity index (χ3v) is 3.35. The van der Waals surface area contributed by atoms with Crippen LogP contribution in [0, 0.1) is 6.92 Å². The van der Waals surface area contributed by atoms with E-state index in [9.17, 15) is 9.59 Å². The van der Waals surface area contributed by atoms with Gasteiger partial charge < -0.3 is 0 Å². The van der Waals surface area contributed by atoms with Crippen LogP contribution in [0.5, 0.6) is 0 Å². The highest BCUT2D eigenvalue weighted by atomic mass is 16.2. The Morgan fingerprint density at radius 3 is 2.62 bits per heavy atom. The number of nitrogens with zero attached hydrogens (tertiary/aromatic N) is 2. The van der Waals surface area contributed by atoms with Crippen LogP contribution in [0.15, 0.2) is 30.6 Å². The molecule has 0 atom stereocenters. The van der Waals surface area contributed by atoms with Gasteiger partial charge in [-0.05, 0) is 12.5 Å². The Morgan fingerprint density at radius 1 is 1.14 bits per heavy atom. The zero-order valence-corrected chi connectivity index (χ0v) is 12.5. The van der Waals surface area contributed by atoms with Crippen molar-refractivity contribution >= 4 is 28.4 Å². The lowest BCUT2D eigenvalue weighted by molar-refractivity contribution is -0.120. The second-order valence-corrected chi connectivity index (χ2v) is 4.58. The Hall–Kier alpha value is -2.43. The average Bonchev–Trinajstić information content (AvgIpc) is 2.50. The number of urea groups is 1. The summed E-state index contributed by atoms with van der Waals surface area (Å²) in [4.78, 5) is 28.9. The van der Waals surface area contributed by atoms with Crippen molar-refractivity contribution in [2.75, 3.05) is 11.4 Å². The minimum Gasteiger partial charge on any atom is -0.291 e. The zero-order valence-electron chi connectivity index (χ0n) is 12.5. The van der Waals surface area contributed by atoms with Gasteiger partial charge in [-0.25, -0.2) is 4.79 Å². The van der Waals surface area contributed by atoms with E-state index in [1.807, 2.05) is 39.0 Å². The summed E-state index contributed by atoms with van der Waals surface area (Å²) in [5.74, 6) is -0.231. The molecule has 1 N–H and O–H groups in total. The maximum atomic E-state index is 11.9. The minimum atomic E-state index is -0.382. The summed E-state index contributed by atoms with van der Waals surface area (Å²) >= 11 is 0. The van der Waals surface area contributed by atoms with Gasteiger partial charge in [0.2, 0.25) is 5.91 Å². The van der Waals surface area contributed by atoms with Crippen LogP contribution >= 0.6 is 0 Å². The molecule has 0 aliphatic carbocycles. The molecule has 0 radical (unpaired) electrons. The lowest BCUT2D eigenvalue weighted by Crippen LogP contribution is -2.49. The molecule has 3 rings (SSSR count). The number of amides is 3. The topological polar surface area (TPSA) is 62.3 Å². The number of imide groups is 1. The van der Waals surface area contributed by atoms with E-state index in [2.05, 4.69) is 10.3 Å². The normalized spacial score (nSPS) is 14.5. The smallest absolute Gasteiger partial charge is 0.291 e. The van der Waals surface area contributed by atoms with Crippen molar-refractivity contribution in [1.29, 1.82) is 0 Å². The maximum absolute atomic E-state index is 11.9. The predicted octanol–water partition coefficient (Wildman–Crippen LogP) is 3.02. The van der Waals surface area contributed by atoms with Gasteiger partial charge in [-0.3, -0.25) is 20.0 Å². The summed E-state index contributed by atoms with van der Waals surface area (Å²) < 4.78 is 0. The fourth-order valence-corrected chi connectivity index (χ4v) is 2.34. The number of fused-ring (bicyclic) bond motifs is 1. The molecule has 1 aliphatic heterocycles. The number of hydrogen-bond donors (Lipinski definition) is 1. The van der Waals surface area contributed by atoms with Crippen LogP contribution in [-0.2, 0) is 4.79 Å². The summed E-state index contributed by atoms with van der Waals surface area (Å²) in [5.41, 5.74) is 1.85. The summed E-state index contributed by atoms with van der Waals surface area (Å²) in [6.45, 7) is 6.40. The number of pyridine rings is 1. The number of rotatable bonds is 1. The fourth-order valence-electron chi connectivity index (χ4n) is 2.34. The summed E-state index contributed by atoms with van der Waals surface area (Å²) in [6, 6.07) is 5.54. The Labute approximate surface area is 124 Å². The van der Waals surface area contributed by atoms with E-state index in [4.69, 9.17) is 0 Å². The van der Waals surface area contributed by atoms with Crippen LogP contribution in [0.25, 0.3) is 10.8 Å². The molecule has 0 saturated carbocycles. The highest BCUT2D eigenvalue weighted by Gasteiger charge is 2.25. The zero-order chi connectivity index (χ0) is 15.4. The third-order valence-electron chi connectivity index (χ3n) is 3.35. The van der Waals surface area contributed by atoms with Crippen molar-refractivity contribution < 1.29 is 9.59 Å². The van der Waals surface area contributed by atoms with E-state index in [0.29, 0.717) is 13.0 Å². The molecule has 1 fully saturated rings. The SMILES string of the molecule is CC.Cc1cccc2c(N3CCC(=O)NC3=O)cncc12. The van der Waals surface area contributed by atoms with E-state index in [0.717, 1.165) is 22.0 Å². The molecule has 2 aromatic rings. The summed E-state index contributed by atoms with van der Waals surface area (Å²) in [6.07, 6.45) is 3.77. The van der Waals surface area contributed by atoms with Crippen molar-refractivity contribution in [3.63, 3.8) is 0 Å². The predicted molar refractivity (Wildman–Crippen MR) is 83.3 cm³/mol. The molecular weight excluding hydrogens is 266 g/mol. The highest BCUT2D eigenvalue weighted by Crippen LogP contribution is 2.28. The second kappa shape index (κ2) is 6.35. The van der Waals surface area contributed by atoms with Crippen LogP contribution in [0.4, 0.5) is 10.5 Å². The van der Waals surface area contributed by atoms with Crippen molar-refractivity contribution in [3.05, 3.63) is 36.2 Å². The number of hydrogen-bond acceptors (Lipinski definition) is 3. The van der Waals surface area contributed by atoms with Gasteiger partial charge in [-0.2, -0.15) is 0 Å². The van der Waals surface area contributed by atoms with Crippen molar-refractivity contribution in [2.24, 2.45) is 0 Å². The van der Waals surface area contributed by atoms with E-state index >= 15 is 0 Å². The van der Waals surface area contributed by atoms with Gasteiger partial charge in [0.1, 0.15) is 0 Å². The molecule has 0 bridgehead atoms. The molecule has 0 spiro atoms. The molecule has 21 heavy (non-hydrogen) atoms. The molecule has 0 unspecified atom stereocenters. The first-order valence-electron chi connectivity index (χ1n) is 7.11. The van der Waals surface area contributed by atoms with Gasteiger partial charge in [-0.1, -0.05) is 32.0 Å². The average molecular weight is 285 g/mol. The van der Waals surface area contributed by atoms with Crippen LogP contribution < -0.4 is 10.2 Å². The Balaban J connectivity index is 0.000000774. The summed E-state index contributed by atoms with van der Waals surface area (Å²) in [7, 11) is 0. The van der Waals surface area contributed by atoms with Crippen molar-refractivity contribution in [1.82, 2.24) is 10.3 Å². The molecular formula is C16H19N3O2. The lowest BCUT2D eigenvalue weighted by Gasteiger charge is -2.27. The van der Waals surface area contributed by atoms with E-state index in [1.54, 1.807) is 17.3 Å². The Bertz CT molecular complexity index is 682. The molecule has 1 aliphatic rings. The quantitative estimate of drug-likeness (QED) is 0.876. The van der Waals surface area contributed by atoms with Crippen LogP contribution in [-0.4, -0.2) is 23.5 Å². The number of carbonyl (C=O) groups excluding carboxylic acids is 2. The van der Waals surface area contributed by atoms with E-state index in [-0.39, 0.29) is 11.9 Å². The molecule has 110 valence electrons. The number of nitrogens with one attached hydrogen (secondary N) is 1. The van der Waals surface area contributed by atoms with Crippen LogP contribution in [0.2, 0.25) is 0 Å². The van der Waals surface area contributed by atoms with Crippen molar-refractivity contribution in [3.8, 4) is 0 Å².